The molecule has 0 radical (unpaired) electrons. The van der Waals surface area contributed by atoms with E-state index in [2.05, 4.69) is 10.00 Å². The summed E-state index contributed by atoms with van der Waals surface area (Å²) >= 11 is 0. The number of benzene rings is 2. The Balaban J connectivity index is 1.58. The van der Waals surface area contributed by atoms with Crippen LogP contribution in [0.1, 0.15) is 43.6 Å². The van der Waals surface area contributed by atoms with Crippen LogP contribution < -0.4 is 9.64 Å². The van der Waals surface area contributed by atoms with Gasteiger partial charge in [-0.05, 0) is 45.4 Å². The third kappa shape index (κ3) is 5.86. The number of amides is 1. The van der Waals surface area contributed by atoms with Gasteiger partial charge in [-0.1, -0.05) is 42.5 Å². The molecule has 3 aromatic rings. The summed E-state index contributed by atoms with van der Waals surface area (Å²) in [5.41, 5.74) is 2.04. The van der Waals surface area contributed by atoms with E-state index in [1.54, 1.807) is 11.1 Å². The standard InChI is InChI=1S/C28H37N5O4S/c1-5-31-21-24(28(34)33(22(3)4)20-23-12-8-7-9-13-23)27(29-31)38(35,36)32-18-16-30(17-19-32)25-14-10-11-15-26(25)37-6-2/h7-15,21-22H,5-6,16-20H2,1-4H3. The first-order valence-electron chi connectivity index (χ1n) is 13.2. The average molecular weight is 540 g/mol. The molecule has 38 heavy (non-hydrogen) atoms. The number of nitrogens with zero attached hydrogens (tertiary/aromatic N) is 5. The summed E-state index contributed by atoms with van der Waals surface area (Å²) in [6, 6.07) is 17.4. The number of ether oxygens (including phenoxy) is 1. The minimum absolute atomic E-state index is 0.112. The lowest BCUT2D eigenvalue weighted by molar-refractivity contribution is 0.0686. The number of hydrogen-bond acceptors (Lipinski definition) is 6. The van der Waals surface area contributed by atoms with Crippen molar-refractivity contribution >= 4 is 21.6 Å². The molecule has 0 N–H and O–H groups in total. The van der Waals surface area contributed by atoms with Crippen molar-refractivity contribution in [1.29, 1.82) is 0 Å². The summed E-state index contributed by atoms with van der Waals surface area (Å²) < 4.78 is 36.4. The number of rotatable bonds is 10. The summed E-state index contributed by atoms with van der Waals surface area (Å²) in [6.45, 7) is 10.6. The maximum absolute atomic E-state index is 13.8. The quantitative estimate of drug-likeness (QED) is 0.389. The van der Waals surface area contributed by atoms with Gasteiger partial charge >= 0.3 is 0 Å². The second kappa shape index (κ2) is 12.0. The summed E-state index contributed by atoms with van der Waals surface area (Å²) in [5, 5.41) is 4.19. The molecule has 1 aliphatic heterocycles. The van der Waals surface area contributed by atoms with E-state index in [9.17, 15) is 13.2 Å². The number of para-hydroxylation sites is 2. The third-order valence-electron chi connectivity index (χ3n) is 6.69. The second-order valence-electron chi connectivity index (χ2n) is 9.51. The fourth-order valence-electron chi connectivity index (χ4n) is 4.61. The van der Waals surface area contributed by atoms with Gasteiger partial charge in [-0.3, -0.25) is 9.48 Å². The molecular weight excluding hydrogens is 502 g/mol. The normalized spacial score (nSPS) is 14.6. The monoisotopic (exact) mass is 539 g/mol. The number of piperazine rings is 1. The Kier molecular flexibility index (Phi) is 8.73. The molecule has 1 amide bonds. The molecule has 0 spiro atoms. The van der Waals surface area contributed by atoms with Crippen LogP contribution in [0, 0.1) is 0 Å². The van der Waals surface area contributed by atoms with Crippen molar-refractivity contribution in [1.82, 2.24) is 19.0 Å². The van der Waals surface area contributed by atoms with Gasteiger partial charge in [0.05, 0.1) is 17.9 Å². The summed E-state index contributed by atoms with van der Waals surface area (Å²) in [7, 11) is -3.99. The Morgan fingerprint density at radius 3 is 2.29 bits per heavy atom. The SMILES string of the molecule is CCOc1ccccc1N1CCN(S(=O)(=O)c2nn(CC)cc2C(=O)N(Cc2ccccc2)C(C)C)CC1. The highest BCUT2D eigenvalue weighted by atomic mass is 32.2. The molecule has 1 saturated heterocycles. The van der Waals surface area contributed by atoms with E-state index in [-0.39, 0.29) is 35.6 Å². The lowest BCUT2D eigenvalue weighted by Crippen LogP contribution is -2.49. The van der Waals surface area contributed by atoms with Crippen LogP contribution in [0.15, 0.2) is 65.8 Å². The minimum Gasteiger partial charge on any atom is -0.492 e. The van der Waals surface area contributed by atoms with Crippen LogP contribution in [-0.2, 0) is 23.1 Å². The lowest BCUT2D eigenvalue weighted by atomic mass is 10.1. The topological polar surface area (TPSA) is 88.0 Å². The van der Waals surface area contributed by atoms with E-state index < -0.39 is 10.0 Å². The van der Waals surface area contributed by atoms with Gasteiger partial charge < -0.3 is 14.5 Å². The van der Waals surface area contributed by atoms with Crippen molar-refractivity contribution in [2.24, 2.45) is 0 Å². The summed E-state index contributed by atoms with van der Waals surface area (Å²) in [4.78, 5) is 17.6. The summed E-state index contributed by atoms with van der Waals surface area (Å²) in [6.07, 6.45) is 1.56. The Bertz CT molecular complexity index is 1330. The van der Waals surface area contributed by atoms with Crippen LogP contribution >= 0.6 is 0 Å². The molecule has 0 saturated carbocycles. The van der Waals surface area contributed by atoms with Crippen LogP contribution in [-0.4, -0.2) is 72.1 Å². The minimum atomic E-state index is -3.99. The van der Waals surface area contributed by atoms with Crippen LogP contribution in [0.5, 0.6) is 5.75 Å². The average Bonchev–Trinajstić information content (AvgIpc) is 3.38. The number of hydrogen-bond donors (Lipinski definition) is 0. The van der Waals surface area contributed by atoms with Gasteiger partial charge in [-0.25, -0.2) is 8.42 Å². The molecule has 0 bridgehead atoms. The van der Waals surface area contributed by atoms with E-state index >= 15 is 0 Å². The van der Waals surface area contributed by atoms with Crippen molar-refractivity contribution in [3.8, 4) is 5.75 Å². The first-order valence-corrected chi connectivity index (χ1v) is 14.6. The highest BCUT2D eigenvalue weighted by molar-refractivity contribution is 7.89. The number of carbonyl (C=O) groups is 1. The van der Waals surface area contributed by atoms with E-state index in [0.717, 1.165) is 17.0 Å². The van der Waals surface area contributed by atoms with Gasteiger partial charge in [0.2, 0.25) is 5.03 Å². The van der Waals surface area contributed by atoms with Crippen molar-refractivity contribution in [3.63, 3.8) is 0 Å². The van der Waals surface area contributed by atoms with Crippen LogP contribution in [0.25, 0.3) is 0 Å². The fraction of sp³-hybridized carbons (Fsp3) is 0.429. The third-order valence-corrected chi connectivity index (χ3v) is 8.53. The predicted octanol–water partition coefficient (Wildman–Crippen LogP) is 3.86. The fourth-order valence-corrected chi connectivity index (χ4v) is 6.13. The predicted molar refractivity (Wildman–Crippen MR) is 148 cm³/mol. The van der Waals surface area contributed by atoms with E-state index in [1.807, 2.05) is 82.3 Å². The van der Waals surface area contributed by atoms with Gasteiger partial charge in [0.25, 0.3) is 15.9 Å². The number of sulfonamides is 1. The molecule has 10 heteroatoms. The maximum Gasteiger partial charge on any atom is 0.263 e. The van der Waals surface area contributed by atoms with Crippen molar-refractivity contribution in [3.05, 3.63) is 71.9 Å². The number of aromatic nitrogens is 2. The molecule has 2 aromatic carbocycles. The van der Waals surface area contributed by atoms with E-state index in [0.29, 0.717) is 32.8 Å². The van der Waals surface area contributed by atoms with Crippen LogP contribution in [0.2, 0.25) is 0 Å². The Hall–Kier alpha value is -3.37. The van der Waals surface area contributed by atoms with Crippen molar-refractivity contribution < 1.29 is 17.9 Å². The lowest BCUT2D eigenvalue weighted by Gasteiger charge is -2.35. The molecule has 1 fully saturated rings. The Labute approximate surface area is 225 Å². The zero-order valence-electron chi connectivity index (χ0n) is 22.6. The highest BCUT2D eigenvalue weighted by Gasteiger charge is 2.36. The van der Waals surface area contributed by atoms with E-state index in [4.69, 9.17) is 4.74 Å². The summed E-state index contributed by atoms with van der Waals surface area (Å²) in [5.74, 6) is 0.444. The number of anilines is 1. The van der Waals surface area contributed by atoms with Gasteiger partial charge in [-0.2, -0.15) is 9.40 Å². The first-order chi connectivity index (χ1) is 18.3. The van der Waals surface area contributed by atoms with Gasteiger partial charge in [-0.15, -0.1) is 0 Å². The Morgan fingerprint density at radius 2 is 1.66 bits per heavy atom. The first kappa shape index (κ1) is 27.7. The van der Waals surface area contributed by atoms with E-state index in [1.165, 1.54) is 8.99 Å². The molecule has 4 rings (SSSR count). The van der Waals surface area contributed by atoms with Crippen molar-refractivity contribution in [2.75, 3.05) is 37.7 Å². The molecule has 0 atom stereocenters. The van der Waals surface area contributed by atoms with Crippen LogP contribution in [0.4, 0.5) is 5.69 Å². The number of carbonyl (C=O) groups excluding carboxylic acids is 1. The molecule has 9 nitrogen and oxygen atoms in total. The van der Waals surface area contributed by atoms with Crippen molar-refractivity contribution in [2.45, 2.75) is 51.9 Å². The molecule has 0 unspecified atom stereocenters. The zero-order chi connectivity index (χ0) is 27.3. The maximum atomic E-state index is 13.8. The molecule has 204 valence electrons. The van der Waals surface area contributed by atoms with Gasteiger partial charge in [0.1, 0.15) is 5.75 Å². The van der Waals surface area contributed by atoms with Crippen LogP contribution in [0.3, 0.4) is 0 Å². The van der Waals surface area contributed by atoms with Gasteiger partial charge in [0.15, 0.2) is 0 Å². The molecule has 0 aliphatic carbocycles. The zero-order valence-corrected chi connectivity index (χ0v) is 23.4. The highest BCUT2D eigenvalue weighted by Crippen LogP contribution is 2.30. The smallest absolute Gasteiger partial charge is 0.263 e. The molecule has 1 aromatic heterocycles. The second-order valence-corrected chi connectivity index (χ2v) is 11.4. The Morgan fingerprint density at radius 1 is 1.00 bits per heavy atom. The molecule has 2 heterocycles. The van der Waals surface area contributed by atoms with Gasteiger partial charge in [0, 0.05) is 51.5 Å². The largest absolute Gasteiger partial charge is 0.492 e. The molecular formula is C28H37N5O4S. The number of aryl methyl sites for hydroxylation is 1. The molecule has 1 aliphatic rings.